The molecule has 0 bridgehead atoms. The van der Waals surface area contributed by atoms with Crippen LogP contribution in [-0.4, -0.2) is 35.8 Å². The largest absolute Gasteiger partial charge is 0.448 e. The fraction of sp³-hybridized carbons (Fsp3) is 0.500. The molecular weight excluding hydrogens is 260 g/mol. The lowest BCUT2D eigenvalue weighted by Gasteiger charge is -2.07. The van der Waals surface area contributed by atoms with Crippen molar-refractivity contribution in [1.29, 1.82) is 0 Å². The number of amides is 1. The number of primary amides is 1. The first-order chi connectivity index (χ1) is 8.61. The number of carbonyl (C=O) groups is 1. The third-order valence-electron chi connectivity index (χ3n) is 1.83. The Morgan fingerprint density at radius 2 is 2.33 bits per heavy atom. The van der Waals surface area contributed by atoms with Crippen molar-refractivity contribution < 1.29 is 14.3 Å². The molecule has 0 aromatic carbocycles. The van der Waals surface area contributed by atoms with Crippen LogP contribution in [0.5, 0.6) is 0 Å². The van der Waals surface area contributed by atoms with Crippen molar-refractivity contribution in [3.8, 4) is 0 Å². The zero-order valence-electron chi connectivity index (χ0n) is 9.98. The van der Waals surface area contributed by atoms with E-state index in [0.717, 1.165) is 0 Å². The molecule has 0 saturated carbocycles. The monoisotopic (exact) mass is 274 g/mol. The lowest BCUT2D eigenvalue weighted by atomic mass is 10.5. The van der Waals surface area contributed by atoms with Gasteiger partial charge in [-0.2, -0.15) is 0 Å². The van der Waals surface area contributed by atoms with E-state index in [4.69, 9.17) is 22.1 Å². The van der Waals surface area contributed by atoms with Gasteiger partial charge in [-0.05, 0) is 6.92 Å². The van der Waals surface area contributed by atoms with Crippen molar-refractivity contribution >= 4 is 23.5 Å². The van der Waals surface area contributed by atoms with Crippen LogP contribution < -0.4 is 11.1 Å². The lowest BCUT2D eigenvalue weighted by molar-refractivity contribution is 0.128. The zero-order chi connectivity index (χ0) is 13.4. The maximum absolute atomic E-state index is 10.3. The summed E-state index contributed by atoms with van der Waals surface area (Å²) in [5.41, 5.74) is 4.82. The summed E-state index contributed by atoms with van der Waals surface area (Å²) in [5.74, 6) is 1.03. The van der Waals surface area contributed by atoms with Crippen molar-refractivity contribution in [2.45, 2.75) is 13.5 Å². The first-order valence-corrected chi connectivity index (χ1v) is 5.77. The van der Waals surface area contributed by atoms with Gasteiger partial charge in [0.2, 0.25) is 0 Å². The Morgan fingerprint density at radius 1 is 1.56 bits per heavy atom. The molecule has 100 valence electrons. The van der Waals surface area contributed by atoms with Crippen LogP contribution in [-0.2, 0) is 16.1 Å². The Balaban J connectivity index is 2.48. The maximum atomic E-state index is 10.3. The minimum Gasteiger partial charge on any atom is -0.448 e. The van der Waals surface area contributed by atoms with Gasteiger partial charge >= 0.3 is 6.09 Å². The molecule has 8 heteroatoms. The maximum Gasteiger partial charge on any atom is 0.404 e. The van der Waals surface area contributed by atoms with Crippen LogP contribution in [0.25, 0.3) is 0 Å². The van der Waals surface area contributed by atoms with E-state index in [-0.39, 0.29) is 6.61 Å². The average Bonchev–Trinajstić information content (AvgIpc) is 2.31. The van der Waals surface area contributed by atoms with Crippen LogP contribution in [0.1, 0.15) is 12.7 Å². The van der Waals surface area contributed by atoms with E-state index in [1.165, 1.54) is 0 Å². The highest BCUT2D eigenvalue weighted by atomic mass is 35.5. The van der Waals surface area contributed by atoms with Crippen molar-refractivity contribution in [1.82, 2.24) is 9.97 Å². The second kappa shape index (κ2) is 7.67. The van der Waals surface area contributed by atoms with Crippen molar-refractivity contribution in [3.05, 3.63) is 17.0 Å². The molecule has 1 amide bonds. The molecule has 1 aromatic heterocycles. The average molecular weight is 275 g/mol. The Hall–Kier alpha value is -1.60. The number of nitrogens with one attached hydrogen (secondary N) is 1. The van der Waals surface area contributed by atoms with E-state index < -0.39 is 6.09 Å². The van der Waals surface area contributed by atoms with Gasteiger partial charge in [-0.25, -0.2) is 14.8 Å². The predicted molar refractivity (Wildman–Crippen MR) is 66.4 cm³/mol. The van der Waals surface area contributed by atoms with Crippen LogP contribution in [0.2, 0.25) is 5.15 Å². The number of hydrogen-bond acceptors (Lipinski definition) is 6. The highest BCUT2D eigenvalue weighted by molar-refractivity contribution is 6.29. The SMILES string of the molecule is CCOCc1nc(Cl)cc(NCCOC(N)=O)n1. The Kier molecular flexibility index (Phi) is 6.16. The second-order valence-corrected chi connectivity index (χ2v) is 3.61. The van der Waals surface area contributed by atoms with E-state index in [0.29, 0.717) is 36.6 Å². The van der Waals surface area contributed by atoms with Crippen LogP contribution in [0, 0.1) is 0 Å². The Morgan fingerprint density at radius 3 is 3.00 bits per heavy atom. The molecule has 18 heavy (non-hydrogen) atoms. The molecule has 0 unspecified atom stereocenters. The number of anilines is 1. The molecule has 0 aliphatic carbocycles. The fourth-order valence-electron chi connectivity index (χ4n) is 1.14. The highest BCUT2D eigenvalue weighted by Gasteiger charge is 2.03. The Bertz CT molecular complexity index is 403. The predicted octanol–water partition coefficient (Wildman–Crippen LogP) is 1.17. The minimum atomic E-state index is -0.811. The molecule has 1 heterocycles. The highest BCUT2D eigenvalue weighted by Crippen LogP contribution is 2.11. The number of carbonyl (C=O) groups excluding carboxylic acids is 1. The quantitative estimate of drug-likeness (QED) is 0.572. The van der Waals surface area contributed by atoms with Crippen LogP contribution in [0.4, 0.5) is 10.6 Å². The van der Waals surface area contributed by atoms with Gasteiger partial charge in [0.15, 0.2) is 5.82 Å². The fourth-order valence-corrected chi connectivity index (χ4v) is 1.34. The molecule has 1 aromatic rings. The van der Waals surface area contributed by atoms with E-state index >= 15 is 0 Å². The van der Waals surface area contributed by atoms with Crippen LogP contribution >= 0.6 is 11.6 Å². The van der Waals surface area contributed by atoms with Gasteiger partial charge in [0.05, 0.1) is 6.54 Å². The minimum absolute atomic E-state index is 0.151. The van der Waals surface area contributed by atoms with Crippen molar-refractivity contribution in [3.63, 3.8) is 0 Å². The summed E-state index contributed by atoms with van der Waals surface area (Å²) in [6, 6.07) is 1.57. The van der Waals surface area contributed by atoms with Gasteiger partial charge < -0.3 is 20.5 Å². The molecule has 0 aliphatic rings. The third-order valence-corrected chi connectivity index (χ3v) is 2.02. The zero-order valence-corrected chi connectivity index (χ0v) is 10.7. The normalized spacial score (nSPS) is 10.1. The summed E-state index contributed by atoms with van der Waals surface area (Å²) >= 11 is 5.84. The topological polar surface area (TPSA) is 99.4 Å². The summed E-state index contributed by atoms with van der Waals surface area (Å²) in [4.78, 5) is 18.5. The summed E-state index contributed by atoms with van der Waals surface area (Å²) in [7, 11) is 0. The van der Waals surface area contributed by atoms with Gasteiger partial charge in [-0.3, -0.25) is 0 Å². The molecule has 3 N–H and O–H groups in total. The van der Waals surface area contributed by atoms with Gasteiger partial charge in [-0.15, -0.1) is 0 Å². The molecule has 1 rings (SSSR count). The standard InChI is InChI=1S/C10H15ClN4O3/c1-2-17-6-9-14-7(11)5-8(15-9)13-3-4-18-10(12)16/h5H,2-4,6H2,1H3,(H2,12,16)(H,13,14,15). The number of hydrogen-bond donors (Lipinski definition) is 2. The molecule has 0 fully saturated rings. The van der Waals surface area contributed by atoms with E-state index in [2.05, 4.69) is 20.0 Å². The van der Waals surface area contributed by atoms with E-state index in [1.54, 1.807) is 6.07 Å². The van der Waals surface area contributed by atoms with Gasteiger partial charge in [0.1, 0.15) is 24.2 Å². The molecule has 0 spiro atoms. The molecule has 0 aliphatic heterocycles. The molecular formula is C10H15ClN4O3. The van der Waals surface area contributed by atoms with Gasteiger partial charge in [-0.1, -0.05) is 11.6 Å². The number of aromatic nitrogens is 2. The van der Waals surface area contributed by atoms with Crippen molar-refractivity contribution in [2.75, 3.05) is 25.1 Å². The number of nitrogens with two attached hydrogens (primary N) is 1. The smallest absolute Gasteiger partial charge is 0.404 e. The lowest BCUT2D eigenvalue weighted by Crippen LogP contribution is -2.19. The number of nitrogens with zero attached hydrogens (tertiary/aromatic N) is 2. The summed E-state index contributed by atoms with van der Waals surface area (Å²) < 4.78 is 9.75. The second-order valence-electron chi connectivity index (χ2n) is 3.22. The molecule has 0 saturated heterocycles. The van der Waals surface area contributed by atoms with E-state index in [9.17, 15) is 4.79 Å². The van der Waals surface area contributed by atoms with Crippen LogP contribution in [0.3, 0.4) is 0 Å². The first kappa shape index (κ1) is 14.5. The van der Waals surface area contributed by atoms with Crippen LogP contribution in [0.15, 0.2) is 6.07 Å². The van der Waals surface area contributed by atoms with Crippen molar-refractivity contribution in [2.24, 2.45) is 5.73 Å². The van der Waals surface area contributed by atoms with E-state index in [1.807, 2.05) is 6.92 Å². The molecule has 0 atom stereocenters. The summed E-state index contributed by atoms with van der Waals surface area (Å²) in [6.45, 7) is 3.28. The number of rotatable bonds is 7. The van der Waals surface area contributed by atoms with Gasteiger partial charge in [0, 0.05) is 12.7 Å². The molecule has 0 radical (unpaired) electrons. The summed E-state index contributed by atoms with van der Waals surface area (Å²) in [6.07, 6.45) is -0.811. The Labute approximate surface area is 110 Å². The number of halogens is 1. The first-order valence-electron chi connectivity index (χ1n) is 5.39. The summed E-state index contributed by atoms with van der Waals surface area (Å²) in [5, 5.41) is 3.25. The van der Waals surface area contributed by atoms with Gasteiger partial charge in [0.25, 0.3) is 0 Å². The third kappa shape index (κ3) is 5.65. The number of ether oxygens (including phenoxy) is 2. The molecule has 7 nitrogen and oxygen atoms in total.